The first-order valence-corrected chi connectivity index (χ1v) is 8.23. The summed E-state index contributed by atoms with van der Waals surface area (Å²) in [5.41, 5.74) is 2.80. The van der Waals surface area contributed by atoms with Gasteiger partial charge in [-0.3, -0.25) is 14.9 Å². The van der Waals surface area contributed by atoms with E-state index in [1.807, 2.05) is 18.2 Å². The minimum absolute atomic E-state index is 0.0314. The van der Waals surface area contributed by atoms with Gasteiger partial charge in [0, 0.05) is 30.9 Å². The number of carbonyl (C=O) groups is 3. The van der Waals surface area contributed by atoms with E-state index in [0.29, 0.717) is 6.54 Å². The molecule has 1 aliphatic heterocycles. The van der Waals surface area contributed by atoms with Crippen LogP contribution in [0.25, 0.3) is 0 Å². The van der Waals surface area contributed by atoms with Gasteiger partial charge in [0.2, 0.25) is 11.8 Å². The molecule has 0 aromatic heterocycles. The third kappa shape index (κ3) is 3.67. The number of hydrogen-bond donors (Lipinski definition) is 3. The quantitative estimate of drug-likeness (QED) is 0.778. The maximum Gasteiger partial charge on any atom is 0.321 e. The van der Waals surface area contributed by atoms with Crippen LogP contribution in [0.3, 0.4) is 0 Å². The summed E-state index contributed by atoms with van der Waals surface area (Å²) in [6.45, 7) is 3.95. The summed E-state index contributed by atoms with van der Waals surface area (Å²) in [4.78, 5) is 37.0. The van der Waals surface area contributed by atoms with Gasteiger partial charge in [-0.25, -0.2) is 4.79 Å². The Labute approximate surface area is 140 Å². The molecule has 0 saturated heterocycles. The molecular weight excluding hydrogens is 308 g/mol. The van der Waals surface area contributed by atoms with E-state index in [1.54, 1.807) is 18.7 Å². The first kappa shape index (κ1) is 16.3. The number of anilines is 2. The normalized spacial score (nSPS) is 17.0. The molecular formula is C17H22N4O3. The van der Waals surface area contributed by atoms with Crippen LogP contribution in [0, 0.1) is 0 Å². The lowest BCUT2D eigenvalue weighted by Gasteiger charge is -2.17. The van der Waals surface area contributed by atoms with Gasteiger partial charge in [-0.05, 0) is 49.9 Å². The van der Waals surface area contributed by atoms with Crippen molar-refractivity contribution >= 4 is 29.2 Å². The number of benzene rings is 1. The van der Waals surface area contributed by atoms with Crippen molar-refractivity contribution in [3.8, 4) is 0 Å². The highest BCUT2D eigenvalue weighted by atomic mass is 16.2. The van der Waals surface area contributed by atoms with Gasteiger partial charge in [-0.2, -0.15) is 0 Å². The second-order valence-corrected chi connectivity index (χ2v) is 6.37. The second kappa shape index (κ2) is 6.51. The molecule has 1 atom stereocenters. The lowest BCUT2D eigenvalue weighted by atomic mass is 10.1. The van der Waals surface area contributed by atoms with Crippen molar-refractivity contribution in [2.24, 2.45) is 0 Å². The molecule has 1 aliphatic carbocycles. The molecule has 1 aromatic carbocycles. The molecule has 1 heterocycles. The number of nitrogens with one attached hydrogen (secondary N) is 3. The maximum absolute atomic E-state index is 12.0. The van der Waals surface area contributed by atoms with Crippen LogP contribution < -0.4 is 20.9 Å². The van der Waals surface area contributed by atoms with E-state index in [0.717, 1.165) is 36.2 Å². The van der Waals surface area contributed by atoms with Crippen molar-refractivity contribution < 1.29 is 14.4 Å². The summed E-state index contributed by atoms with van der Waals surface area (Å²) in [7, 11) is 0. The third-order valence-electron chi connectivity index (χ3n) is 4.28. The molecule has 3 rings (SSSR count). The Balaban J connectivity index is 1.58. The molecule has 1 aromatic rings. The summed E-state index contributed by atoms with van der Waals surface area (Å²) >= 11 is 0. The van der Waals surface area contributed by atoms with Gasteiger partial charge in [-0.15, -0.1) is 0 Å². The summed E-state index contributed by atoms with van der Waals surface area (Å²) in [5.74, 6) is -0.345. The van der Waals surface area contributed by atoms with E-state index in [2.05, 4.69) is 16.0 Å². The zero-order valence-corrected chi connectivity index (χ0v) is 13.9. The van der Waals surface area contributed by atoms with Crippen LogP contribution in [0.5, 0.6) is 0 Å². The number of fused-ring (bicyclic) bond motifs is 1. The van der Waals surface area contributed by atoms with Gasteiger partial charge in [0.25, 0.3) is 0 Å². The van der Waals surface area contributed by atoms with Gasteiger partial charge in [0.15, 0.2) is 0 Å². The highest BCUT2D eigenvalue weighted by Gasteiger charge is 2.25. The van der Waals surface area contributed by atoms with E-state index in [9.17, 15) is 14.4 Å². The van der Waals surface area contributed by atoms with Crippen LogP contribution in [0.15, 0.2) is 18.2 Å². The molecule has 1 saturated carbocycles. The predicted molar refractivity (Wildman–Crippen MR) is 91.0 cm³/mol. The van der Waals surface area contributed by atoms with Crippen molar-refractivity contribution in [1.29, 1.82) is 0 Å². The average molecular weight is 330 g/mol. The Morgan fingerprint density at radius 2 is 2.00 bits per heavy atom. The third-order valence-corrected chi connectivity index (χ3v) is 4.28. The smallest absolute Gasteiger partial charge is 0.321 e. The van der Waals surface area contributed by atoms with E-state index in [1.165, 1.54) is 0 Å². The minimum Gasteiger partial charge on any atom is -0.374 e. The van der Waals surface area contributed by atoms with E-state index in [-0.39, 0.29) is 17.9 Å². The minimum atomic E-state index is -0.543. The van der Waals surface area contributed by atoms with Crippen LogP contribution in [0.1, 0.15) is 32.3 Å². The van der Waals surface area contributed by atoms with Gasteiger partial charge < -0.3 is 15.5 Å². The average Bonchev–Trinajstić information content (AvgIpc) is 3.22. The van der Waals surface area contributed by atoms with Gasteiger partial charge >= 0.3 is 6.03 Å². The summed E-state index contributed by atoms with van der Waals surface area (Å²) < 4.78 is 0. The van der Waals surface area contributed by atoms with Crippen LogP contribution in [-0.2, 0) is 16.0 Å². The number of carbonyl (C=O) groups excluding carboxylic acids is 3. The predicted octanol–water partition coefficient (Wildman–Crippen LogP) is 1.38. The maximum atomic E-state index is 12.0. The Morgan fingerprint density at radius 3 is 2.67 bits per heavy atom. The largest absolute Gasteiger partial charge is 0.374 e. The van der Waals surface area contributed by atoms with Crippen LogP contribution >= 0.6 is 0 Å². The zero-order valence-electron chi connectivity index (χ0n) is 13.9. The van der Waals surface area contributed by atoms with Crippen molar-refractivity contribution in [3.05, 3.63) is 23.8 Å². The molecule has 24 heavy (non-hydrogen) atoms. The van der Waals surface area contributed by atoms with E-state index in [4.69, 9.17) is 0 Å². The fourth-order valence-electron chi connectivity index (χ4n) is 2.80. The molecule has 0 bridgehead atoms. The van der Waals surface area contributed by atoms with Crippen molar-refractivity contribution in [2.45, 2.75) is 45.2 Å². The summed E-state index contributed by atoms with van der Waals surface area (Å²) in [5, 5.41) is 8.15. The van der Waals surface area contributed by atoms with E-state index >= 15 is 0 Å². The molecule has 3 N–H and O–H groups in total. The first-order valence-electron chi connectivity index (χ1n) is 8.23. The number of amides is 4. The molecule has 0 radical (unpaired) electrons. The molecule has 1 unspecified atom stereocenters. The number of hydrogen-bond acceptors (Lipinski definition) is 4. The SMILES string of the molecule is CC(=O)N1CCc2cc(NC(C)C(=O)NC(=O)NC3CC3)ccc21. The Hall–Kier alpha value is -2.57. The lowest BCUT2D eigenvalue weighted by Crippen LogP contribution is -2.46. The molecule has 7 heteroatoms. The summed E-state index contributed by atoms with van der Waals surface area (Å²) in [6.07, 6.45) is 2.75. The van der Waals surface area contributed by atoms with Gasteiger partial charge in [0.05, 0.1) is 0 Å². The fourth-order valence-corrected chi connectivity index (χ4v) is 2.80. The topological polar surface area (TPSA) is 90.5 Å². The monoisotopic (exact) mass is 330 g/mol. The molecule has 128 valence electrons. The van der Waals surface area contributed by atoms with Crippen LogP contribution in [-0.4, -0.2) is 36.5 Å². The van der Waals surface area contributed by atoms with Gasteiger partial charge in [0.1, 0.15) is 6.04 Å². The van der Waals surface area contributed by atoms with Crippen molar-refractivity contribution in [2.75, 3.05) is 16.8 Å². The highest BCUT2D eigenvalue weighted by Crippen LogP contribution is 2.30. The Bertz CT molecular complexity index is 684. The molecule has 1 fully saturated rings. The lowest BCUT2D eigenvalue weighted by molar-refractivity contribution is -0.120. The number of rotatable bonds is 4. The molecule has 2 aliphatic rings. The Morgan fingerprint density at radius 1 is 1.25 bits per heavy atom. The standard InChI is InChI=1S/C17H22N4O3/c1-10(16(23)20-17(24)19-13-3-4-13)18-14-5-6-15-12(9-14)7-8-21(15)11(2)22/h5-6,9-10,13,18H,3-4,7-8H2,1-2H3,(H2,19,20,23,24). The molecule has 4 amide bonds. The van der Waals surface area contributed by atoms with E-state index < -0.39 is 12.1 Å². The second-order valence-electron chi connectivity index (χ2n) is 6.37. The number of nitrogens with zero attached hydrogens (tertiary/aromatic N) is 1. The number of imide groups is 1. The van der Waals surface area contributed by atoms with Crippen molar-refractivity contribution in [3.63, 3.8) is 0 Å². The van der Waals surface area contributed by atoms with Crippen molar-refractivity contribution in [1.82, 2.24) is 10.6 Å². The highest BCUT2D eigenvalue weighted by molar-refractivity contribution is 5.98. The first-order chi connectivity index (χ1) is 11.4. The molecule has 0 spiro atoms. The fraction of sp³-hybridized carbons (Fsp3) is 0.471. The molecule has 7 nitrogen and oxygen atoms in total. The Kier molecular flexibility index (Phi) is 4.42. The zero-order chi connectivity index (χ0) is 17.3. The van der Waals surface area contributed by atoms with Gasteiger partial charge in [-0.1, -0.05) is 0 Å². The summed E-state index contributed by atoms with van der Waals surface area (Å²) in [6, 6.07) is 4.90. The number of urea groups is 1. The van der Waals surface area contributed by atoms with Crippen LogP contribution in [0.2, 0.25) is 0 Å². The van der Waals surface area contributed by atoms with Crippen LogP contribution in [0.4, 0.5) is 16.2 Å².